The van der Waals surface area contributed by atoms with Crippen LogP contribution in [0.3, 0.4) is 0 Å². The van der Waals surface area contributed by atoms with Crippen LogP contribution in [0.2, 0.25) is 0 Å². The quantitative estimate of drug-likeness (QED) is 0.868. The van der Waals surface area contributed by atoms with Crippen LogP contribution in [0.15, 0.2) is 42.2 Å². The summed E-state index contributed by atoms with van der Waals surface area (Å²) in [6.07, 6.45) is 9.28. The predicted octanol–water partition coefficient (Wildman–Crippen LogP) is 2.58. The van der Waals surface area contributed by atoms with Crippen LogP contribution in [-0.4, -0.2) is 22.1 Å². The monoisotopic (exact) mass is 242 g/mol. The predicted molar refractivity (Wildman–Crippen MR) is 69.9 cm³/mol. The van der Waals surface area contributed by atoms with Gasteiger partial charge < -0.3 is 15.0 Å². The topological polar surface area (TPSA) is 62.8 Å². The van der Waals surface area contributed by atoms with Gasteiger partial charge in [0.25, 0.3) is 0 Å². The number of aromatic amines is 1. The first kappa shape index (κ1) is 10.8. The lowest BCUT2D eigenvalue weighted by atomic mass is 10.1. The number of hydrogen-bond donors (Lipinski definition) is 2. The van der Waals surface area contributed by atoms with E-state index in [1.165, 1.54) is 0 Å². The van der Waals surface area contributed by atoms with Crippen LogP contribution in [0.25, 0.3) is 11.0 Å². The van der Waals surface area contributed by atoms with E-state index in [2.05, 4.69) is 20.3 Å². The second kappa shape index (κ2) is 4.52. The van der Waals surface area contributed by atoms with Crippen molar-refractivity contribution in [2.24, 2.45) is 0 Å². The molecule has 0 amide bonds. The van der Waals surface area contributed by atoms with E-state index in [1.54, 1.807) is 13.4 Å². The molecule has 1 aliphatic carbocycles. The number of H-pyrrole nitrogens is 1. The number of ether oxygens (including phenoxy) is 1. The molecule has 2 aromatic heterocycles. The van der Waals surface area contributed by atoms with E-state index in [0.717, 1.165) is 41.1 Å². The summed E-state index contributed by atoms with van der Waals surface area (Å²) in [7, 11) is 1.70. The summed E-state index contributed by atoms with van der Waals surface area (Å²) in [6.45, 7) is 0. The van der Waals surface area contributed by atoms with Gasteiger partial charge in [0.15, 0.2) is 5.82 Å². The molecule has 2 aromatic rings. The summed E-state index contributed by atoms with van der Waals surface area (Å²) in [5.74, 6) is 1.82. The van der Waals surface area contributed by atoms with Crippen LogP contribution >= 0.6 is 0 Å². The van der Waals surface area contributed by atoms with Gasteiger partial charge in [0.1, 0.15) is 11.8 Å². The Kier molecular flexibility index (Phi) is 2.72. The van der Waals surface area contributed by atoms with Gasteiger partial charge in [-0.3, -0.25) is 0 Å². The van der Waals surface area contributed by atoms with E-state index in [-0.39, 0.29) is 0 Å². The smallest absolute Gasteiger partial charge is 0.157 e. The van der Waals surface area contributed by atoms with Crippen molar-refractivity contribution < 1.29 is 4.74 Å². The number of allylic oxidation sites excluding steroid dienone is 4. The maximum Gasteiger partial charge on any atom is 0.157 e. The zero-order valence-corrected chi connectivity index (χ0v) is 10.1. The van der Waals surface area contributed by atoms with Crippen molar-refractivity contribution in [3.8, 4) is 0 Å². The van der Waals surface area contributed by atoms with Crippen LogP contribution in [0.5, 0.6) is 0 Å². The van der Waals surface area contributed by atoms with Crippen molar-refractivity contribution in [3.63, 3.8) is 0 Å². The number of hydrogen-bond acceptors (Lipinski definition) is 4. The molecule has 0 aliphatic heterocycles. The third kappa shape index (κ3) is 1.95. The highest BCUT2D eigenvalue weighted by molar-refractivity contribution is 5.85. The maximum absolute atomic E-state index is 5.20. The number of nitrogens with one attached hydrogen (secondary N) is 2. The first-order chi connectivity index (χ1) is 8.86. The fourth-order valence-corrected chi connectivity index (χ4v) is 2.01. The molecular weight excluding hydrogens is 228 g/mol. The Morgan fingerprint density at radius 3 is 3.00 bits per heavy atom. The summed E-state index contributed by atoms with van der Waals surface area (Å²) >= 11 is 0. The number of fused-ring (bicyclic) bond motifs is 1. The molecule has 3 rings (SSSR count). The minimum atomic E-state index is 0.811. The van der Waals surface area contributed by atoms with Gasteiger partial charge in [-0.25, -0.2) is 9.97 Å². The van der Waals surface area contributed by atoms with E-state index >= 15 is 0 Å². The van der Waals surface area contributed by atoms with Gasteiger partial charge in [-0.15, -0.1) is 0 Å². The summed E-state index contributed by atoms with van der Waals surface area (Å²) < 4.78 is 5.20. The molecule has 0 fully saturated rings. The average molecular weight is 242 g/mol. The molecule has 0 atom stereocenters. The zero-order valence-electron chi connectivity index (χ0n) is 10.1. The SMILES string of the molecule is COC1=CC=C(Nc2ncnc3cc[nH]c23)CC1. The molecular formula is C13H14N4O. The molecule has 0 unspecified atom stereocenters. The summed E-state index contributed by atoms with van der Waals surface area (Å²) in [5, 5.41) is 3.33. The molecule has 0 saturated heterocycles. The van der Waals surface area contributed by atoms with Gasteiger partial charge in [0.05, 0.1) is 18.4 Å². The highest BCUT2D eigenvalue weighted by Gasteiger charge is 2.09. The van der Waals surface area contributed by atoms with Crippen molar-refractivity contribution >= 4 is 16.9 Å². The fraction of sp³-hybridized carbons (Fsp3) is 0.231. The van der Waals surface area contributed by atoms with Gasteiger partial charge >= 0.3 is 0 Å². The van der Waals surface area contributed by atoms with Crippen molar-refractivity contribution in [1.82, 2.24) is 15.0 Å². The first-order valence-electron chi connectivity index (χ1n) is 5.85. The fourth-order valence-electron chi connectivity index (χ4n) is 2.01. The van der Waals surface area contributed by atoms with Gasteiger partial charge in [-0.2, -0.15) is 0 Å². The Hall–Kier alpha value is -2.30. The van der Waals surface area contributed by atoms with Crippen molar-refractivity contribution in [3.05, 3.63) is 42.2 Å². The minimum Gasteiger partial charge on any atom is -0.501 e. The van der Waals surface area contributed by atoms with Gasteiger partial charge in [-0.05, 0) is 24.6 Å². The molecule has 0 bridgehead atoms. The third-order valence-corrected chi connectivity index (χ3v) is 3.00. The molecule has 18 heavy (non-hydrogen) atoms. The van der Waals surface area contributed by atoms with Gasteiger partial charge in [-0.1, -0.05) is 0 Å². The van der Waals surface area contributed by atoms with E-state index in [1.807, 2.05) is 24.4 Å². The average Bonchev–Trinajstić information content (AvgIpc) is 2.89. The molecule has 2 heterocycles. The largest absolute Gasteiger partial charge is 0.501 e. The summed E-state index contributed by atoms with van der Waals surface area (Å²) in [5.41, 5.74) is 2.97. The molecule has 5 nitrogen and oxygen atoms in total. The number of aromatic nitrogens is 3. The molecule has 92 valence electrons. The van der Waals surface area contributed by atoms with Crippen LogP contribution < -0.4 is 5.32 Å². The third-order valence-electron chi connectivity index (χ3n) is 3.00. The Labute approximate surface area is 105 Å². The van der Waals surface area contributed by atoms with Crippen molar-refractivity contribution in [2.45, 2.75) is 12.8 Å². The molecule has 0 aromatic carbocycles. The Morgan fingerprint density at radius 1 is 1.28 bits per heavy atom. The standard InChI is InChI=1S/C13H14N4O/c1-18-10-4-2-9(3-5-10)17-13-12-11(6-7-14-12)15-8-16-13/h2,4,6-8,14H,3,5H2,1H3,(H,15,16,17). The number of nitrogens with zero attached hydrogens (tertiary/aromatic N) is 2. The van der Waals surface area contributed by atoms with E-state index in [9.17, 15) is 0 Å². The van der Waals surface area contributed by atoms with E-state index < -0.39 is 0 Å². The normalized spacial score (nSPS) is 15.2. The summed E-state index contributed by atoms with van der Waals surface area (Å²) in [6, 6.07) is 1.93. The molecule has 2 N–H and O–H groups in total. The Morgan fingerprint density at radius 2 is 2.22 bits per heavy atom. The van der Waals surface area contributed by atoms with Crippen LogP contribution in [0, 0.1) is 0 Å². The highest BCUT2D eigenvalue weighted by Crippen LogP contribution is 2.23. The van der Waals surface area contributed by atoms with Crippen molar-refractivity contribution in [1.29, 1.82) is 0 Å². The van der Waals surface area contributed by atoms with Crippen LogP contribution in [-0.2, 0) is 4.74 Å². The lowest BCUT2D eigenvalue weighted by molar-refractivity contribution is 0.276. The number of rotatable bonds is 3. The Balaban J connectivity index is 1.87. The highest BCUT2D eigenvalue weighted by atomic mass is 16.5. The van der Waals surface area contributed by atoms with Crippen LogP contribution in [0.1, 0.15) is 12.8 Å². The molecule has 1 aliphatic rings. The second-order valence-electron chi connectivity index (χ2n) is 4.11. The number of anilines is 1. The second-order valence-corrected chi connectivity index (χ2v) is 4.11. The minimum absolute atomic E-state index is 0.811. The van der Waals surface area contributed by atoms with Crippen LogP contribution in [0.4, 0.5) is 5.82 Å². The zero-order chi connectivity index (χ0) is 12.4. The maximum atomic E-state index is 5.20. The van der Waals surface area contributed by atoms with Crippen molar-refractivity contribution in [2.75, 3.05) is 12.4 Å². The van der Waals surface area contributed by atoms with E-state index in [4.69, 9.17) is 4.74 Å². The molecule has 0 radical (unpaired) electrons. The molecule has 5 heteroatoms. The first-order valence-corrected chi connectivity index (χ1v) is 5.85. The molecule has 0 saturated carbocycles. The molecule has 0 spiro atoms. The van der Waals surface area contributed by atoms with E-state index in [0.29, 0.717) is 0 Å². The Bertz CT molecular complexity index is 627. The lowest BCUT2D eigenvalue weighted by Gasteiger charge is -2.15. The van der Waals surface area contributed by atoms with Gasteiger partial charge in [0.2, 0.25) is 0 Å². The lowest BCUT2D eigenvalue weighted by Crippen LogP contribution is -2.06. The van der Waals surface area contributed by atoms with Gasteiger partial charge in [0, 0.05) is 18.3 Å². The summed E-state index contributed by atoms with van der Waals surface area (Å²) in [4.78, 5) is 11.6. The number of methoxy groups -OCH3 is 1.